The first-order valence-corrected chi connectivity index (χ1v) is 12.7. The minimum absolute atomic E-state index is 0.117. The summed E-state index contributed by atoms with van der Waals surface area (Å²) in [4.78, 5) is 28.0. The van der Waals surface area contributed by atoms with E-state index in [1.54, 1.807) is 25.1 Å². The lowest BCUT2D eigenvalue weighted by atomic mass is 9.95. The third-order valence-electron chi connectivity index (χ3n) is 6.62. The number of nitrogens with zero attached hydrogens (tertiary/aromatic N) is 1. The van der Waals surface area contributed by atoms with Crippen molar-refractivity contribution in [3.05, 3.63) is 62.6 Å². The number of ether oxygens (including phenoxy) is 1. The number of carbonyl (C=O) groups is 2. The molecule has 0 saturated heterocycles. The molecule has 5 nitrogen and oxygen atoms in total. The summed E-state index contributed by atoms with van der Waals surface area (Å²) in [5, 5.41) is 4.04. The van der Waals surface area contributed by atoms with Gasteiger partial charge in [0.2, 0.25) is 5.91 Å². The smallest absolute Gasteiger partial charge is 0.261 e. The van der Waals surface area contributed by atoms with E-state index in [0.29, 0.717) is 21.4 Å². The normalized spacial score (nSPS) is 15.0. The first-order chi connectivity index (χ1) is 16.2. The largest absolute Gasteiger partial charge is 0.483 e. The standard InChI is InChI=1S/C27H34Cl2N2O3/c1-17-13-18(2)19(3)25(14-17)34-16-26(32)31(15-22-23(28)11-8-12-24(22)29)20(4)27(33)30-21-9-6-5-7-10-21/h8,11-14,20-21H,5-7,9-10,15-16H2,1-4H3,(H,30,33)/t20-/m0/s1. The minimum Gasteiger partial charge on any atom is -0.483 e. The third-order valence-corrected chi connectivity index (χ3v) is 7.33. The Morgan fingerprint density at radius 1 is 1.09 bits per heavy atom. The van der Waals surface area contributed by atoms with E-state index in [1.165, 1.54) is 11.3 Å². The highest BCUT2D eigenvalue weighted by atomic mass is 35.5. The maximum Gasteiger partial charge on any atom is 0.261 e. The number of nitrogens with one attached hydrogen (secondary N) is 1. The van der Waals surface area contributed by atoms with Crippen molar-refractivity contribution in [2.45, 2.75) is 78.4 Å². The van der Waals surface area contributed by atoms with Crippen molar-refractivity contribution >= 4 is 35.0 Å². The summed E-state index contributed by atoms with van der Waals surface area (Å²) in [6.07, 6.45) is 5.36. The van der Waals surface area contributed by atoms with Gasteiger partial charge in [0.05, 0.1) is 0 Å². The molecule has 34 heavy (non-hydrogen) atoms. The number of rotatable bonds is 8. The summed E-state index contributed by atoms with van der Waals surface area (Å²) >= 11 is 12.8. The van der Waals surface area contributed by atoms with Gasteiger partial charge in [0.25, 0.3) is 5.91 Å². The van der Waals surface area contributed by atoms with Crippen molar-refractivity contribution in [3.63, 3.8) is 0 Å². The summed E-state index contributed by atoms with van der Waals surface area (Å²) in [6.45, 7) is 7.64. The van der Waals surface area contributed by atoms with Crippen LogP contribution in [0.4, 0.5) is 0 Å². The molecule has 0 unspecified atom stereocenters. The van der Waals surface area contributed by atoms with Crippen LogP contribution in [0.15, 0.2) is 30.3 Å². The fraction of sp³-hybridized carbons (Fsp3) is 0.481. The number of carbonyl (C=O) groups excluding carboxylic acids is 2. The monoisotopic (exact) mass is 504 g/mol. The molecule has 7 heteroatoms. The molecule has 184 valence electrons. The van der Waals surface area contributed by atoms with Crippen molar-refractivity contribution in [3.8, 4) is 5.75 Å². The first kappa shape index (κ1) is 26.4. The van der Waals surface area contributed by atoms with Crippen molar-refractivity contribution in [2.75, 3.05) is 6.61 Å². The predicted molar refractivity (Wildman–Crippen MR) is 138 cm³/mol. The summed E-state index contributed by atoms with van der Waals surface area (Å²) in [5.74, 6) is 0.188. The van der Waals surface area contributed by atoms with Crippen molar-refractivity contribution in [1.82, 2.24) is 10.2 Å². The fourth-order valence-electron chi connectivity index (χ4n) is 4.38. The molecule has 0 spiro atoms. The Hall–Kier alpha value is -2.24. The highest BCUT2D eigenvalue weighted by molar-refractivity contribution is 6.36. The predicted octanol–water partition coefficient (Wildman–Crippen LogP) is 6.16. The quantitative estimate of drug-likeness (QED) is 0.467. The van der Waals surface area contributed by atoms with Gasteiger partial charge in [0, 0.05) is 28.2 Å². The number of aryl methyl sites for hydroxylation is 2. The number of hydrogen-bond donors (Lipinski definition) is 1. The van der Waals surface area contributed by atoms with Crippen LogP contribution in [0.5, 0.6) is 5.75 Å². The van der Waals surface area contributed by atoms with Gasteiger partial charge < -0.3 is 15.0 Å². The van der Waals surface area contributed by atoms with Gasteiger partial charge in [0.15, 0.2) is 6.61 Å². The lowest BCUT2D eigenvalue weighted by molar-refractivity contribution is -0.142. The van der Waals surface area contributed by atoms with E-state index >= 15 is 0 Å². The van der Waals surface area contributed by atoms with Gasteiger partial charge in [-0.3, -0.25) is 9.59 Å². The average molecular weight is 505 g/mol. The Bertz CT molecular complexity index is 1010. The maximum absolute atomic E-state index is 13.4. The maximum atomic E-state index is 13.4. The highest BCUT2D eigenvalue weighted by Crippen LogP contribution is 2.27. The van der Waals surface area contributed by atoms with E-state index in [0.717, 1.165) is 42.4 Å². The van der Waals surface area contributed by atoms with Gasteiger partial charge in [-0.25, -0.2) is 0 Å². The van der Waals surface area contributed by atoms with Gasteiger partial charge in [-0.15, -0.1) is 0 Å². The molecule has 1 N–H and O–H groups in total. The fourth-order valence-corrected chi connectivity index (χ4v) is 4.90. The van der Waals surface area contributed by atoms with Crippen LogP contribution in [-0.4, -0.2) is 35.4 Å². The van der Waals surface area contributed by atoms with Gasteiger partial charge in [0.1, 0.15) is 11.8 Å². The highest BCUT2D eigenvalue weighted by Gasteiger charge is 2.29. The summed E-state index contributed by atoms with van der Waals surface area (Å²) < 4.78 is 5.93. The molecule has 0 radical (unpaired) electrons. The number of halogens is 2. The summed E-state index contributed by atoms with van der Waals surface area (Å²) in [6, 6.07) is 8.66. The van der Waals surface area contributed by atoms with Crippen LogP contribution >= 0.6 is 23.2 Å². The molecule has 1 atom stereocenters. The molecule has 2 amide bonds. The molecular formula is C27H34Cl2N2O3. The Morgan fingerprint density at radius 3 is 2.38 bits per heavy atom. The molecule has 0 heterocycles. The lowest BCUT2D eigenvalue weighted by Gasteiger charge is -2.31. The molecule has 0 aromatic heterocycles. The van der Waals surface area contributed by atoms with Crippen molar-refractivity contribution < 1.29 is 14.3 Å². The molecule has 1 aliphatic rings. The van der Waals surface area contributed by atoms with Crippen LogP contribution in [0.2, 0.25) is 10.0 Å². The van der Waals surface area contributed by atoms with Gasteiger partial charge in [-0.1, -0.05) is 54.6 Å². The molecule has 3 rings (SSSR count). The van der Waals surface area contributed by atoms with Crippen LogP contribution in [-0.2, 0) is 16.1 Å². The van der Waals surface area contributed by atoms with E-state index in [-0.39, 0.29) is 31.0 Å². The second-order valence-corrected chi connectivity index (χ2v) is 10.0. The zero-order chi connectivity index (χ0) is 24.8. The molecule has 1 saturated carbocycles. The van der Waals surface area contributed by atoms with Gasteiger partial charge in [-0.2, -0.15) is 0 Å². The molecule has 0 aliphatic heterocycles. The van der Waals surface area contributed by atoms with E-state index in [1.807, 2.05) is 26.8 Å². The Morgan fingerprint density at radius 2 is 1.74 bits per heavy atom. The van der Waals surface area contributed by atoms with E-state index in [4.69, 9.17) is 27.9 Å². The topological polar surface area (TPSA) is 58.6 Å². The number of hydrogen-bond acceptors (Lipinski definition) is 3. The molecule has 1 aliphatic carbocycles. The number of benzene rings is 2. The van der Waals surface area contributed by atoms with Crippen LogP contribution in [0, 0.1) is 20.8 Å². The second-order valence-electron chi connectivity index (χ2n) is 9.23. The second kappa shape index (κ2) is 11.9. The Balaban J connectivity index is 1.80. The molecule has 1 fully saturated rings. The van der Waals surface area contributed by atoms with Crippen LogP contribution in [0.1, 0.15) is 61.3 Å². The Kier molecular flexibility index (Phi) is 9.26. The van der Waals surface area contributed by atoms with Crippen molar-refractivity contribution in [1.29, 1.82) is 0 Å². The van der Waals surface area contributed by atoms with Gasteiger partial charge >= 0.3 is 0 Å². The minimum atomic E-state index is -0.703. The zero-order valence-electron chi connectivity index (χ0n) is 20.4. The Labute approximate surface area is 212 Å². The van der Waals surface area contributed by atoms with Gasteiger partial charge in [-0.05, 0) is 75.4 Å². The van der Waals surface area contributed by atoms with Crippen LogP contribution < -0.4 is 10.1 Å². The summed E-state index contributed by atoms with van der Waals surface area (Å²) in [5.41, 5.74) is 3.76. The van der Waals surface area contributed by atoms with E-state index in [2.05, 4.69) is 11.4 Å². The van der Waals surface area contributed by atoms with Crippen LogP contribution in [0.3, 0.4) is 0 Å². The zero-order valence-corrected chi connectivity index (χ0v) is 21.9. The third kappa shape index (κ3) is 6.67. The van der Waals surface area contributed by atoms with Crippen molar-refractivity contribution in [2.24, 2.45) is 0 Å². The lowest BCUT2D eigenvalue weighted by Crippen LogP contribution is -2.51. The van der Waals surface area contributed by atoms with E-state index in [9.17, 15) is 9.59 Å². The molecule has 2 aromatic carbocycles. The van der Waals surface area contributed by atoms with E-state index < -0.39 is 6.04 Å². The molecule has 0 bridgehead atoms. The average Bonchev–Trinajstić information content (AvgIpc) is 2.80. The first-order valence-electron chi connectivity index (χ1n) is 11.9. The number of amides is 2. The molecular weight excluding hydrogens is 471 g/mol. The van der Waals surface area contributed by atoms with Crippen LogP contribution in [0.25, 0.3) is 0 Å². The summed E-state index contributed by atoms with van der Waals surface area (Å²) in [7, 11) is 0. The SMILES string of the molecule is Cc1cc(C)c(C)c(OCC(=O)N(Cc2c(Cl)cccc2Cl)[C@@H](C)C(=O)NC2CCCCC2)c1. The molecule has 2 aromatic rings.